The molecular formula is C17H20FNO3. The van der Waals surface area contributed by atoms with Crippen LogP contribution in [-0.2, 0) is 4.79 Å². The predicted molar refractivity (Wildman–Crippen MR) is 82.0 cm³/mol. The molecule has 1 aliphatic rings. The first kappa shape index (κ1) is 16.3. The van der Waals surface area contributed by atoms with Gasteiger partial charge in [-0.2, -0.15) is 0 Å². The van der Waals surface area contributed by atoms with Crippen molar-refractivity contribution in [2.45, 2.75) is 44.1 Å². The average molecular weight is 305 g/mol. The summed E-state index contributed by atoms with van der Waals surface area (Å²) in [5.41, 5.74) is -0.741. The summed E-state index contributed by atoms with van der Waals surface area (Å²) in [6.07, 6.45) is 9.27. The monoisotopic (exact) mass is 305 g/mol. The number of amides is 1. The van der Waals surface area contributed by atoms with Gasteiger partial charge in [-0.1, -0.05) is 25.2 Å². The van der Waals surface area contributed by atoms with E-state index in [2.05, 4.69) is 11.2 Å². The molecule has 5 heteroatoms. The minimum absolute atomic E-state index is 0.00189. The fourth-order valence-corrected chi connectivity index (χ4v) is 2.73. The lowest BCUT2D eigenvalue weighted by Crippen LogP contribution is -2.36. The molecule has 22 heavy (non-hydrogen) atoms. The summed E-state index contributed by atoms with van der Waals surface area (Å²) < 4.78 is 18.6. The van der Waals surface area contributed by atoms with E-state index in [4.69, 9.17) is 11.2 Å². The Morgan fingerprint density at radius 2 is 2.14 bits per heavy atom. The molecule has 1 aromatic rings. The van der Waals surface area contributed by atoms with Crippen molar-refractivity contribution in [2.75, 3.05) is 11.9 Å². The Kier molecular flexibility index (Phi) is 5.40. The number of terminal acetylenes is 1. The van der Waals surface area contributed by atoms with Gasteiger partial charge in [-0.25, -0.2) is 4.39 Å². The van der Waals surface area contributed by atoms with Crippen molar-refractivity contribution >= 4 is 11.6 Å². The molecule has 4 nitrogen and oxygen atoms in total. The first-order chi connectivity index (χ1) is 10.5. The summed E-state index contributed by atoms with van der Waals surface area (Å²) in [6.45, 7) is 0.0262. The largest absolute Gasteiger partial charge is 0.479 e. The smallest absolute Gasteiger partial charge is 0.227 e. The first-order valence-corrected chi connectivity index (χ1v) is 7.40. The van der Waals surface area contributed by atoms with E-state index in [1.165, 1.54) is 18.2 Å². The number of hydrogen-bond acceptors (Lipinski definition) is 3. The minimum Gasteiger partial charge on any atom is -0.479 e. The summed E-state index contributed by atoms with van der Waals surface area (Å²) in [4.78, 5) is 12.1. The van der Waals surface area contributed by atoms with Crippen molar-refractivity contribution in [1.29, 1.82) is 0 Å². The number of rotatable bonds is 5. The summed E-state index contributed by atoms with van der Waals surface area (Å²) in [7, 11) is 0. The van der Waals surface area contributed by atoms with Crippen molar-refractivity contribution in [1.82, 2.24) is 0 Å². The standard InChI is InChI=1S/C17H20FNO3/c1-2-10-22-15-7-6-13(18)11-14(15)19-16(20)12-17(21)8-4-3-5-9-17/h1,6-7,11,21H,3-5,8-10,12H2,(H,19,20). The molecule has 1 saturated carbocycles. The van der Waals surface area contributed by atoms with Gasteiger partial charge >= 0.3 is 0 Å². The highest BCUT2D eigenvalue weighted by molar-refractivity contribution is 5.92. The van der Waals surface area contributed by atoms with Crippen LogP contribution < -0.4 is 10.1 Å². The Hall–Kier alpha value is -2.06. The van der Waals surface area contributed by atoms with Gasteiger partial charge in [-0.3, -0.25) is 4.79 Å². The molecule has 1 fully saturated rings. The summed E-state index contributed by atoms with van der Waals surface area (Å²) >= 11 is 0. The molecule has 0 saturated heterocycles. The number of nitrogens with one attached hydrogen (secondary N) is 1. The van der Waals surface area contributed by atoms with Crippen LogP contribution in [0.4, 0.5) is 10.1 Å². The maximum atomic E-state index is 13.4. The number of benzene rings is 1. The third-order valence-corrected chi connectivity index (χ3v) is 3.80. The highest BCUT2D eigenvalue weighted by atomic mass is 19.1. The minimum atomic E-state index is -0.963. The number of halogens is 1. The highest BCUT2D eigenvalue weighted by Crippen LogP contribution is 2.32. The van der Waals surface area contributed by atoms with Gasteiger partial charge in [0.1, 0.15) is 18.2 Å². The average Bonchev–Trinajstić information content (AvgIpc) is 2.46. The lowest BCUT2D eigenvalue weighted by Gasteiger charge is -2.31. The molecule has 0 unspecified atom stereocenters. The van der Waals surface area contributed by atoms with E-state index >= 15 is 0 Å². The van der Waals surface area contributed by atoms with E-state index in [9.17, 15) is 14.3 Å². The van der Waals surface area contributed by atoms with Crippen molar-refractivity contribution in [3.05, 3.63) is 24.0 Å². The lowest BCUT2D eigenvalue weighted by molar-refractivity contribution is -0.122. The highest BCUT2D eigenvalue weighted by Gasteiger charge is 2.31. The maximum absolute atomic E-state index is 13.4. The van der Waals surface area contributed by atoms with Gasteiger partial charge in [0, 0.05) is 6.07 Å². The molecule has 118 valence electrons. The topological polar surface area (TPSA) is 58.6 Å². The number of ether oxygens (including phenoxy) is 1. The number of hydrogen-bond donors (Lipinski definition) is 2. The fraction of sp³-hybridized carbons (Fsp3) is 0.471. The Morgan fingerprint density at radius 3 is 2.82 bits per heavy atom. The normalized spacial score (nSPS) is 16.6. The van der Waals surface area contributed by atoms with E-state index < -0.39 is 11.4 Å². The second kappa shape index (κ2) is 7.28. The van der Waals surface area contributed by atoms with E-state index in [0.717, 1.165) is 19.3 Å². The molecule has 0 bridgehead atoms. The van der Waals surface area contributed by atoms with Crippen molar-refractivity contribution < 1.29 is 19.0 Å². The van der Waals surface area contributed by atoms with Crippen molar-refractivity contribution in [2.24, 2.45) is 0 Å². The van der Waals surface area contributed by atoms with Crippen LogP contribution in [0.3, 0.4) is 0 Å². The molecule has 0 aromatic heterocycles. The molecular weight excluding hydrogens is 285 g/mol. The van der Waals surface area contributed by atoms with Gasteiger partial charge in [0.2, 0.25) is 5.91 Å². The van der Waals surface area contributed by atoms with E-state index in [1.54, 1.807) is 0 Å². The third-order valence-electron chi connectivity index (χ3n) is 3.80. The number of carbonyl (C=O) groups excluding carboxylic acids is 1. The molecule has 0 spiro atoms. The zero-order valence-corrected chi connectivity index (χ0v) is 12.4. The Labute approximate surface area is 129 Å². The molecule has 1 aliphatic carbocycles. The van der Waals surface area contributed by atoms with Crippen LogP contribution in [-0.4, -0.2) is 23.2 Å². The molecule has 1 aromatic carbocycles. The van der Waals surface area contributed by atoms with Crippen LogP contribution in [0.2, 0.25) is 0 Å². The van der Waals surface area contributed by atoms with Gasteiger partial charge in [0.25, 0.3) is 0 Å². The molecule has 0 heterocycles. The SMILES string of the molecule is C#CCOc1ccc(F)cc1NC(=O)CC1(O)CCCCC1. The fourth-order valence-electron chi connectivity index (χ4n) is 2.73. The Balaban J connectivity index is 2.04. The molecule has 0 radical (unpaired) electrons. The molecule has 2 rings (SSSR count). The van der Waals surface area contributed by atoms with Crippen LogP contribution in [0.1, 0.15) is 38.5 Å². The van der Waals surface area contributed by atoms with Crippen molar-refractivity contribution in [3.8, 4) is 18.1 Å². The molecule has 1 amide bonds. The predicted octanol–water partition coefficient (Wildman–Crippen LogP) is 2.86. The van der Waals surface area contributed by atoms with Gasteiger partial charge < -0.3 is 15.2 Å². The molecule has 0 atom stereocenters. The van der Waals surface area contributed by atoms with E-state index in [1.807, 2.05) is 0 Å². The van der Waals surface area contributed by atoms with Crippen LogP contribution in [0.25, 0.3) is 0 Å². The Morgan fingerprint density at radius 1 is 1.41 bits per heavy atom. The summed E-state index contributed by atoms with van der Waals surface area (Å²) in [6, 6.07) is 3.82. The number of anilines is 1. The maximum Gasteiger partial charge on any atom is 0.227 e. The van der Waals surface area contributed by atoms with Gasteiger partial charge in [0.05, 0.1) is 17.7 Å². The second-order valence-electron chi connectivity index (χ2n) is 5.64. The van der Waals surface area contributed by atoms with E-state index in [0.29, 0.717) is 18.6 Å². The first-order valence-electron chi connectivity index (χ1n) is 7.40. The Bertz CT molecular complexity index is 574. The van der Waals surface area contributed by atoms with Crippen molar-refractivity contribution in [3.63, 3.8) is 0 Å². The molecule has 2 N–H and O–H groups in total. The number of aliphatic hydroxyl groups is 1. The van der Waals surface area contributed by atoms with Crippen LogP contribution in [0, 0.1) is 18.2 Å². The summed E-state index contributed by atoms with van der Waals surface area (Å²) in [5, 5.41) is 13.0. The quantitative estimate of drug-likeness (QED) is 0.822. The van der Waals surface area contributed by atoms with Gasteiger partial charge in [0.15, 0.2) is 0 Å². The zero-order valence-electron chi connectivity index (χ0n) is 12.4. The second-order valence-corrected chi connectivity index (χ2v) is 5.64. The third kappa shape index (κ3) is 4.47. The van der Waals surface area contributed by atoms with E-state index in [-0.39, 0.29) is 24.6 Å². The zero-order chi connectivity index (χ0) is 16.0. The summed E-state index contributed by atoms with van der Waals surface area (Å²) in [5.74, 6) is 1.78. The number of carbonyl (C=O) groups is 1. The van der Waals surface area contributed by atoms with Crippen LogP contribution in [0.5, 0.6) is 5.75 Å². The van der Waals surface area contributed by atoms with Crippen LogP contribution >= 0.6 is 0 Å². The lowest BCUT2D eigenvalue weighted by atomic mass is 9.82. The van der Waals surface area contributed by atoms with Crippen LogP contribution in [0.15, 0.2) is 18.2 Å². The van der Waals surface area contributed by atoms with Gasteiger partial charge in [-0.15, -0.1) is 6.42 Å². The molecule has 0 aliphatic heterocycles. The van der Waals surface area contributed by atoms with Gasteiger partial charge in [-0.05, 0) is 25.0 Å².